The average Bonchev–Trinajstić information content (AvgIpc) is 1.89. The molecule has 0 aromatic rings. The van der Waals surface area contributed by atoms with Crippen LogP contribution in [0.1, 0.15) is 39.5 Å². The molecular weight excluding hydrogens is 135 g/mol. The van der Waals surface area contributed by atoms with Crippen molar-refractivity contribution in [2.75, 3.05) is 13.2 Å². The van der Waals surface area contributed by atoms with Crippen molar-refractivity contribution in [3.05, 3.63) is 0 Å². The fourth-order valence-corrected chi connectivity index (χ4v) is 0.701. The number of rotatable bonds is 6. The molecule has 0 saturated carbocycles. The number of hydrogen-bond acceptors (Lipinski definition) is 1. The number of unbranched alkanes of at least 4 members (excludes halogenated alkanes) is 2. The molecule has 0 fully saturated rings. The van der Waals surface area contributed by atoms with Crippen molar-refractivity contribution < 1.29 is 4.74 Å². The van der Waals surface area contributed by atoms with Crippen molar-refractivity contribution in [3.63, 3.8) is 0 Å². The van der Waals surface area contributed by atoms with Crippen molar-refractivity contribution in [1.82, 2.24) is 0 Å². The Hall–Kier alpha value is 0.960. The van der Waals surface area contributed by atoms with Crippen LogP contribution in [-0.2, 0) is 4.74 Å². The van der Waals surface area contributed by atoms with Crippen LogP contribution in [0, 0.1) is 0 Å². The molecule has 0 atom stereocenters. The Morgan fingerprint density at radius 2 is 1.60 bits per heavy atom. The first kappa shape index (κ1) is 13.5. The van der Waals surface area contributed by atoms with Gasteiger partial charge in [0.2, 0.25) is 0 Å². The maximum absolute atomic E-state index is 5.28. The minimum atomic E-state index is 0. The summed E-state index contributed by atoms with van der Waals surface area (Å²) in [7, 11) is 0. The Balaban J connectivity index is 0. The van der Waals surface area contributed by atoms with Gasteiger partial charge in [-0.1, -0.05) is 26.7 Å². The molecule has 0 aliphatic rings. The van der Waals surface area contributed by atoms with Crippen LogP contribution < -0.4 is 0 Å². The van der Waals surface area contributed by atoms with Crippen LogP contribution >= 0.6 is 0 Å². The van der Waals surface area contributed by atoms with E-state index in [9.17, 15) is 0 Å². The molecule has 0 spiro atoms. The second kappa shape index (κ2) is 12.6. The molecule has 1 nitrogen and oxygen atoms in total. The predicted molar refractivity (Wildman–Crippen MR) is 47.8 cm³/mol. The molecule has 0 unspecified atom stereocenters. The van der Waals surface area contributed by atoms with E-state index in [0.717, 1.165) is 19.6 Å². The van der Waals surface area contributed by atoms with Gasteiger partial charge in [-0.05, 0) is 12.8 Å². The van der Waals surface area contributed by atoms with Gasteiger partial charge in [0.25, 0.3) is 0 Å². The molecule has 58 valence electrons. The molecule has 0 radical (unpaired) electrons. The monoisotopic (exact) mass is 154 g/mol. The van der Waals surface area contributed by atoms with E-state index in [4.69, 9.17) is 4.74 Å². The van der Waals surface area contributed by atoms with E-state index in [0.29, 0.717) is 0 Å². The van der Waals surface area contributed by atoms with E-state index in [-0.39, 0.29) is 29.6 Å². The van der Waals surface area contributed by atoms with Crippen LogP contribution in [-0.4, -0.2) is 42.8 Å². The van der Waals surface area contributed by atoms with Gasteiger partial charge in [0.1, 0.15) is 0 Å². The van der Waals surface area contributed by atoms with E-state index in [2.05, 4.69) is 13.8 Å². The van der Waals surface area contributed by atoms with Gasteiger partial charge < -0.3 is 4.74 Å². The minimum absolute atomic E-state index is 0. The predicted octanol–water partition coefficient (Wildman–Crippen LogP) is 1.95. The normalized spacial score (nSPS) is 9.00. The van der Waals surface area contributed by atoms with Gasteiger partial charge in [-0.2, -0.15) is 0 Å². The first-order valence-electron chi connectivity index (χ1n) is 3.99. The van der Waals surface area contributed by atoms with Crippen LogP contribution in [0.3, 0.4) is 0 Å². The summed E-state index contributed by atoms with van der Waals surface area (Å²) < 4.78 is 5.28. The molecule has 0 aliphatic carbocycles. The molecule has 0 rings (SSSR count). The van der Waals surface area contributed by atoms with E-state index in [1.807, 2.05) is 0 Å². The molecule has 10 heavy (non-hydrogen) atoms. The van der Waals surface area contributed by atoms with Crippen molar-refractivity contribution in [3.8, 4) is 0 Å². The summed E-state index contributed by atoms with van der Waals surface area (Å²) >= 11 is 0. The second-order valence-corrected chi connectivity index (χ2v) is 2.32. The van der Waals surface area contributed by atoms with E-state index in [1.54, 1.807) is 0 Å². The fraction of sp³-hybridized carbons (Fsp3) is 1.00. The Morgan fingerprint density at radius 1 is 0.900 bits per heavy atom. The zero-order valence-electron chi connectivity index (χ0n) is 6.65. The van der Waals surface area contributed by atoms with Crippen molar-refractivity contribution >= 4 is 29.6 Å². The van der Waals surface area contributed by atoms with Crippen molar-refractivity contribution in [1.29, 1.82) is 0 Å². The zero-order valence-corrected chi connectivity index (χ0v) is 6.65. The third-order valence-corrected chi connectivity index (χ3v) is 1.24. The molecular formula is C8H19NaO. The van der Waals surface area contributed by atoms with Crippen LogP contribution in [0.5, 0.6) is 0 Å². The number of hydrogen-bond donors (Lipinski definition) is 0. The molecule has 0 N–H and O–H groups in total. The van der Waals surface area contributed by atoms with Crippen LogP contribution in [0.15, 0.2) is 0 Å². The van der Waals surface area contributed by atoms with Crippen LogP contribution in [0.25, 0.3) is 0 Å². The van der Waals surface area contributed by atoms with Crippen molar-refractivity contribution in [2.24, 2.45) is 0 Å². The first-order chi connectivity index (χ1) is 4.41. The maximum atomic E-state index is 5.28. The van der Waals surface area contributed by atoms with Crippen LogP contribution in [0.4, 0.5) is 0 Å². The summed E-state index contributed by atoms with van der Waals surface area (Å²) in [6.45, 7) is 6.24. The molecule has 0 saturated heterocycles. The molecule has 0 aliphatic heterocycles. The molecule has 0 aromatic heterocycles. The molecule has 0 bridgehead atoms. The molecule has 0 heterocycles. The summed E-state index contributed by atoms with van der Waals surface area (Å²) in [5, 5.41) is 0. The quantitative estimate of drug-likeness (QED) is 0.420. The SMILES string of the molecule is CCCCCOCCC.[NaH]. The third-order valence-electron chi connectivity index (χ3n) is 1.24. The standard InChI is InChI=1S/C8H18O.Na.H/c1-3-5-6-8-9-7-4-2;;/h3-8H2,1-2H3;;. The summed E-state index contributed by atoms with van der Waals surface area (Å²) in [5.41, 5.74) is 0. The average molecular weight is 154 g/mol. The summed E-state index contributed by atoms with van der Waals surface area (Å²) in [6, 6.07) is 0. The Kier molecular flexibility index (Phi) is 17.1. The summed E-state index contributed by atoms with van der Waals surface area (Å²) in [6.07, 6.45) is 4.97. The summed E-state index contributed by atoms with van der Waals surface area (Å²) in [5.74, 6) is 0. The molecule has 2 heteroatoms. The van der Waals surface area contributed by atoms with E-state index in [1.165, 1.54) is 19.3 Å². The van der Waals surface area contributed by atoms with Gasteiger partial charge in [-0.3, -0.25) is 0 Å². The third kappa shape index (κ3) is 11.7. The Labute approximate surface area is 86.8 Å². The van der Waals surface area contributed by atoms with E-state index >= 15 is 0 Å². The van der Waals surface area contributed by atoms with Gasteiger partial charge in [-0.15, -0.1) is 0 Å². The fourth-order valence-electron chi connectivity index (χ4n) is 0.701. The Bertz CT molecular complexity index is 42.5. The van der Waals surface area contributed by atoms with Gasteiger partial charge in [0.05, 0.1) is 0 Å². The zero-order chi connectivity index (χ0) is 6.95. The van der Waals surface area contributed by atoms with Gasteiger partial charge >= 0.3 is 29.6 Å². The Morgan fingerprint density at radius 3 is 2.10 bits per heavy atom. The topological polar surface area (TPSA) is 9.23 Å². The van der Waals surface area contributed by atoms with Gasteiger partial charge in [0.15, 0.2) is 0 Å². The first-order valence-corrected chi connectivity index (χ1v) is 3.99. The summed E-state index contributed by atoms with van der Waals surface area (Å²) in [4.78, 5) is 0. The van der Waals surface area contributed by atoms with Crippen molar-refractivity contribution in [2.45, 2.75) is 39.5 Å². The van der Waals surface area contributed by atoms with Gasteiger partial charge in [-0.25, -0.2) is 0 Å². The molecule has 0 aromatic carbocycles. The van der Waals surface area contributed by atoms with Gasteiger partial charge in [0, 0.05) is 13.2 Å². The number of ether oxygens (including phenoxy) is 1. The second-order valence-electron chi connectivity index (χ2n) is 2.32. The molecule has 0 amide bonds. The van der Waals surface area contributed by atoms with E-state index < -0.39 is 0 Å². The van der Waals surface area contributed by atoms with Crippen LogP contribution in [0.2, 0.25) is 0 Å².